The number of fused-ring (bicyclic) bond motifs is 1. The Kier molecular flexibility index (Phi) is 4.10. The first-order valence-electron chi connectivity index (χ1n) is 8.07. The Morgan fingerprint density at radius 3 is 2.88 bits per heavy atom. The minimum absolute atomic E-state index is 0.108. The van der Waals surface area contributed by atoms with E-state index in [4.69, 9.17) is 5.26 Å². The molecule has 0 saturated heterocycles. The van der Waals surface area contributed by atoms with Gasteiger partial charge in [-0.05, 0) is 30.9 Å². The highest BCUT2D eigenvalue weighted by Crippen LogP contribution is 2.31. The maximum atomic E-state index is 12.5. The van der Waals surface area contributed by atoms with Crippen LogP contribution >= 0.6 is 0 Å². The van der Waals surface area contributed by atoms with E-state index in [0.29, 0.717) is 13.1 Å². The van der Waals surface area contributed by atoms with Gasteiger partial charge in [-0.2, -0.15) is 10.4 Å². The van der Waals surface area contributed by atoms with Crippen LogP contribution in [0, 0.1) is 22.7 Å². The predicted octanol–water partition coefficient (Wildman–Crippen LogP) is 2.34. The van der Waals surface area contributed by atoms with Gasteiger partial charge in [0.25, 0.3) is 0 Å². The van der Waals surface area contributed by atoms with E-state index in [2.05, 4.69) is 23.9 Å². The Hall–Kier alpha value is -2.68. The van der Waals surface area contributed by atoms with Gasteiger partial charge in [-0.3, -0.25) is 4.79 Å². The fourth-order valence-corrected chi connectivity index (χ4v) is 3.18. The maximum Gasteiger partial charge on any atom is 0.239 e. The van der Waals surface area contributed by atoms with E-state index < -0.39 is 5.92 Å². The third-order valence-electron chi connectivity index (χ3n) is 4.32. The van der Waals surface area contributed by atoms with Crippen molar-refractivity contribution in [3.05, 3.63) is 41.9 Å². The summed E-state index contributed by atoms with van der Waals surface area (Å²) in [5.41, 5.74) is 1.99. The lowest BCUT2D eigenvalue weighted by molar-refractivity contribution is -0.135. The average molecular weight is 323 g/mol. The van der Waals surface area contributed by atoms with Gasteiger partial charge in [0.15, 0.2) is 5.82 Å². The van der Waals surface area contributed by atoms with Gasteiger partial charge >= 0.3 is 0 Å². The quantitative estimate of drug-likeness (QED) is 0.850. The molecule has 3 rings (SSSR count). The zero-order valence-corrected chi connectivity index (χ0v) is 14.2. The number of aromatic nitrogens is 3. The number of nitriles is 1. The summed E-state index contributed by atoms with van der Waals surface area (Å²) in [7, 11) is 0. The molecule has 3 heterocycles. The highest BCUT2D eigenvalue weighted by molar-refractivity contribution is 5.81. The van der Waals surface area contributed by atoms with Crippen molar-refractivity contribution in [3.63, 3.8) is 0 Å². The van der Waals surface area contributed by atoms with E-state index in [-0.39, 0.29) is 11.3 Å². The van der Waals surface area contributed by atoms with E-state index in [1.165, 1.54) is 0 Å². The predicted molar refractivity (Wildman–Crippen MR) is 89.0 cm³/mol. The fourth-order valence-electron chi connectivity index (χ4n) is 3.18. The molecule has 24 heavy (non-hydrogen) atoms. The molecule has 1 atom stereocenters. The van der Waals surface area contributed by atoms with Crippen molar-refractivity contribution >= 4 is 5.91 Å². The Morgan fingerprint density at radius 1 is 1.42 bits per heavy atom. The Morgan fingerprint density at radius 2 is 2.21 bits per heavy atom. The Labute approximate surface area is 141 Å². The summed E-state index contributed by atoms with van der Waals surface area (Å²) in [6.45, 7) is 7.02. The molecule has 6 heteroatoms. The molecule has 2 aromatic rings. The molecule has 0 aliphatic carbocycles. The lowest BCUT2D eigenvalue weighted by Gasteiger charge is -2.30. The summed E-state index contributed by atoms with van der Waals surface area (Å²) in [6.07, 6.45) is 4.35. The average Bonchev–Trinajstić information content (AvgIpc) is 2.88. The minimum Gasteiger partial charge on any atom is -0.337 e. The van der Waals surface area contributed by atoms with Gasteiger partial charge in [0.2, 0.25) is 5.91 Å². The molecule has 0 bridgehead atoms. The zero-order valence-electron chi connectivity index (χ0n) is 14.2. The molecule has 2 aromatic heterocycles. The summed E-state index contributed by atoms with van der Waals surface area (Å²) >= 11 is 0. The standard InChI is InChI=1S/C18H21N5O/c1-13(9-19)17(24)22-11-14-10-21-23(16-6-4-5-7-20-16)15(14)8-18(2,3)12-22/h4-7,10,13H,8,11-12H2,1-3H3. The zero-order chi connectivity index (χ0) is 17.3. The van der Waals surface area contributed by atoms with Crippen molar-refractivity contribution in [2.45, 2.75) is 33.7 Å². The van der Waals surface area contributed by atoms with E-state index in [1.807, 2.05) is 35.1 Å². The van der Waals surface area contributed by atoms with Gasteiger partial charge in [0.05, 0.1) is 18.0 Å². The number of carbonyl (C=O) groups is 1. The van der Waals surface area contributed by atoms with Crippen LogP contribution in [-0.2, 0) is 17.8 Å². The number of nitrogens with zero attached hydrogens (tertiary/aromatic N) is 5. The Balaban J connectivity index is 2.00. The molecule has 0 fully saturated rings. The lowest BCUT2D eigenvalue weighted by atomic mass is 9.87. The smallest absolute Gasteiger partial charge is 0.239 e. The molecular formula is C18H21N5O. The molecular weight excluding hydrogens is 302 g/mol. The molecule has 0 spiro atoms. The Bertz CT molecular complexity index is 787. The van der Waals surface area contributed by atoms with Crippen molar-refractivity contribution in [1.29, 1.82) is 5.26 Å². The van der Waals surface area contributed by atoms with Gasteiger partial charge in [-0.25, -0.2) is 9.67 Å². The molecule has 0 saturated carbocycles. The van der Waals surface area contributed by atoms with Crippen molar-refractivity contribution in [3.8, 4) is 11.9 Å². The second-order valence-electron chi connectivity index (χ2n) is 7.10. The van der Waals surface area contributed by atoms with Gasteiger partial charge in [-0.1, -0.05) is 19.9 Å². The molecule has 1 amide bonds. The number of amides is 1. The first-order chi connectivity index (χ1) is 11.4. The van der Waals surface area contributed by atoms with Crippen LogP contribution in [0.1, 0.15) is 32.0 Å². The first-order valence-corrected chi connectivity index (χ1v) is 8.07. The number of carbonyl (C=O) groups excluding carboxylic acids is 1. The number of hydrogen-bond acceptors (Lipinski definition) is 4. The van der Waals surface area contributed by atoms with Crippen LogP contribution in [-0.4, -0.2) is 32.1 Å². The summed E-state index contributed by atoms with van der Waals surface area (Å²) in [5, 5.41) is 13.5. The minimum atomic E-state index is -0.631. The van der Waals surface area contributed by atoms with Crippen molar-refractivity contribution < 1.29 is 4.79 Å². The molecule has 0 N–H and O–H groups in total. The highest BCUT2D eigenvalue weighted by Gasteiger charge is 2.34. The SMILES string of the molecule is CC(C#N)C(=O)N1Cc2cnn(-c3ccccn3)c2CC(C)(C)C1. The van der Waals surface area contributed by atoms with E-state index in [0.717, 1.165) is 23.5 Å². The van der Waals surface area contributed by atoms with Crippen molar-refractivity contribution in [2.24, 2.45) is 11.3 Å². The van der Waals surface area contributed by atoms with Crippen LogP contribution in [0.2, 0.25) is 0 Å². The normalized spacial score (nSPS) is 17.5. The molecule has 1 aliphatic heterocycles. The van der Waals surface area contributed by atoms with Crippen LogP contribution < -0.4 is 0 Å². The van der Waals surface area contributed by atoms with Crippen LogP contribution in [0.4, 0.5) is 0 Å². The molecule has 1 aliphatic rings. The van der Waals surface area contributed by atoms with Crippen molar-refractivity contribution in [1.82, 2.24) is 19.7 Å². The molecule has 0 aromatic carbocycles. The van der Waals surface area contributed by atoms with Crippen LogP contribution in [0.3, 0.4) is 0 Å². The first kappa shape index (κ1) is 16.2. The van der Waals surface area contributed by atoms with Gasteiger partial charge in [-0.15, -0.1) is 0 Å². The van der Waals surface area contributed by atoms with Gasteiger partial charge in [0.1, 0.15) is 5.92 Å². The van der Waals surface area contributed by atoms with Crippen LogP contribution in [0.15, 0.2) is 30.6 Å². The summed E-state index contributed by atoms with van der Waals surface area (Å²) in [5.74, 6) is 0.0249. The number of rotatable bonds is 2. The molecule has 124 valence electrons. The topological polar surface area (TPSA) is 74.8 Å². The van der Waals surface area contributed by atoms with Gasteiger partial charge in [0, 0.05) is 24.8 Å². The van der Waals surface area contributed by atoms with E-state index in [9.17, 15) is 4.79 Å². The summed E-state index contributed by atoms with van der Waals surface area (Å²) in [4.78, 5) is 18.7. The molecule has 0 radical (unpaired) electrons. The third kappa shape index (κ3) is 3.02. The van der Waals surface area contributed by atoms with Crippen LogP contribution in [0.25, 0.3) is 5.82 Å². The molecule has 6 nitrogen and oxygen atoms in total. The monoisotopic (exact) mass is 323 g/mol. The largest absolute Gasteiger partial charge is 0.337 e. The summed E-state index contributed by atoms with van der Waals surface area (Å²) in [6, 6.07) is 7.77. The molecule has 1 unspecified atom stereocenters. The second kappa shape index (κ2) is 6.08. The highest BCUT2D eigenvalue weighted by atomic mass is 16.2. The lowest BCUT2D eigenvalue weighted by Crippen LogP contribution is -2.39. The second-order valence-corrected chi connectivity index (χ2v) is 7.10. The van der Waals surface area contributed by atoms with E-state index >= 15 is 0 Å². The number of hydrogen-bond donors (Lipinski definition) is 0. The number of pyridine rings is 1. The van der Waals surface area contributed by atoms with Gasteiger partial charge < -0.3 is 4.90 Å². The van der Waals surface area contributed by atoms with E-state index in [1.54, 1.807) is 18.0 Å². The van der Waals surface area contributed by atoms with Crippen molar-refractivity contribution in [2.75, 3.05) is 6.54 Å². The maximum absolute atomic E-state index is 12.5. The fraction of sp³-hybridized carbons (Fsp3) is 0.444. The summed E-state index contributed by atoms with van der Waals surface area (Å²) < 4.78 is 1.86. The van der Waals surface area contributed by atoms with Crippen LogP contribution in [0.5, 0.6) is 0 Å². The third-order valence-corrected chi connectivity index (χ3v) is 4.32.